The zero-order valence-corrected chi connectivity index (χ0v) is 15.1. The number of aliphatic imine (C=N–C) groups is 1. The van der Waals surface area contributed by atoms with Gasteiger partial charge in [-0.05, 0) is 38.5 Å². The topological polar surface area (TPSA) is 48.9 Å². The molecule has 1 aromatic rings. The second-order valence-corrected chi connectivity index (χ2v) is 6.53. The molecule has 0 aromatic heterocycles. The highest BCUT2D eigenvalue weighted by Gasteiger charge is 2.10. The number of nitrogens with one attached hydrogen (secondary N) is 2. The van der Waals surface area contributed by atoms with E-state index in [0.717, 1.165) is 24.6 Å². The van der Waals surface area contributed by atoms with Gasteiger partial charge in [0, 0.05) is 39.3 Å². The van der Waals surface area contributed by atoms with Gasteiger partial charge >= 0.3 is 6.61 Å². The average Bonchev–Trinajstić information content (AvgIpc) is 2.47. The maximum Gasteiger partial charge on any atom is 0.387 e. The minimum Gasteiger partial charge on any atom is -0.435 e. The standard InChI is InChI=1S/C17H28F2N4O/c1-17(2,3)22-11-10-21-16(20-4)23(5)12-13-6-8-14(9-7-13)24-15(18)19/h6-9,15,22H,10-12H2,1-5H3,(H,20,21). The molecule has 0 bridgehead atoms. The van der Waals surface area contributed by atoms with E-state index in [4.69, 9.17) is 0 Å². The van der Waals surface area contributed by atoms with E-state index < -0.39 is 6.61 Å². The van der Waals surface area contributed by atoms with Crippen molar-refractivity contribution in [2.45, 2.75) is 39.5 Å². The molecule has 0 heterocycles. The Morgan fingerprint density at radius 2 is 1.83 bits per heavy atom. The van der Waals surface area contributed by atoms with E-state index >= 15 is 0 Å². The summed E-state index contributed by atoms with van der Waals surface area (Å²) in [5.41, 5.74) is 1.06. The normalized spacial score (nSPS) is 12.4. The summed E-state index contributed by atoms with van der Waals surface area (Å²) in [6.45, 7) is 5.76. The molecule has 0 spiro atoms. The van der Waals surface area contributed by atoms with E-state index in [1.807, 2.05) is 11.9 Å². The van der Waals surface area contributed by atoms with Gasteiger partial charge in [0.2, 0.25) is 0 Å². The van der Waals surface area contributed by atoms with Crippen molar-refractivity contribution in [2.75, 3.05) is 27.2 Å². The second kappa shape index (κ2) is 9.42. The van der Waals surface area contributed by atoms with E-state index in [9.17, 15) is 8.78 Å². The minimum absolute atomic E-state index is 0.0825. The molecule has 0 aliphatic carbocycles. The summed E-state index contributed by atoms with van der Waals surface area (Å²) in [6, 6.07) is 6.61. The van der Waals surface area contributed by atoms with Gasteiger partial charge in [-0.2, -0.15) is 8.78 Å². The number of alkyl halides is 2. The molecule has 0 unspecified atom stereocenters. The summed E-state index contributed by atoms with van der Waals surface area (Å²) in [7, 11) is 3.66. The van der Waals surface area contributed by atoms with Crippen molar-refractivity contribution in [3.8, 4) is 5.75 Å². The number of hydrogen-bond donors (Lipinski definition) is 2. The first kappa shape index (κ1) is 20.2. The fraction of sp³-hybridized carbons (Fsp3) is 0.588. The number of guanidine groups is 1. The minimum atomic E-state index is -2.80. The van der Waals surface area contributed by atoms with Gasteiger partial charge in [0.15, 0.2) is 5.96 Å². The third-order valence-corrected chi connectivity index (χ3v) is 3.21. The summed E-state index contributed by atoms with van der Waals surface area (Å²) in [5.74, 6) is 0.936. The lowest BCUT2D eigenvalue weighted by Crippen LogP contribution is -2.44. The van der Waals surface area contributed by atoms with E-state index in [1.54, 1.807) is 31.3 Å². The average molecular weight is 342 g/mol. The summed E-state index contributed by atoms with van der Waals surface area (Å²) in [6.07, 6.45) is 0. The number of nitrogens with zero attached hydrogens (tertiary/aromatic N) is 2. The van der Waals surface area contributed by atoms with Crippen LogP contribution in [0.3, 0.4) is 0 Å². The Balaban J connectivity index is 2.47. The van der Waals surface area contributed by atoms with Gasteiger partial charge < -0.3 is 20.3 Å². The summed E-state index contributed by atoms with van der Waals surface area (Å²) in [4.78, 5) is 6.23. The lowest BCUT2D eigenvalue weighted by atomic mass is 10.1. The van der Waals surface area contributed by atoms with Gasteiger partial charge in [-0.25, -0.2) is 0 Å². The summed E-state index contributed by atoms with van der Waals surface area (Å²) >= 11 is 0. The molecule has 5 nitrogen and oxygen atoms in total. The van der Waals surface area contributed by atoms with Crippen molar-refractivity contribution in [3.63, 3.8) is 0 Å². The second-order valence-electron chi connectivity index (χ2n) is 6.53. The van der Waals surface area contributed by atoms with Crippen LogP contribution in [0.2, 0.25) is 0 Å². The van der Waals surface area contributed by atoms with Crippen molar-refractivity contribution < 1.29 is 13.5 Å². The number of rotatable bonds is 7. The monoisotopic (exact) mass is 342 g/mol. The molecule has 0 aliphatic heterocycles. The lowest BCUT2D eigenvalue weighted by molar-refractivity contribution is -0.0498. The molecule has 0 saturated heterocycles. The summed E-state index contributed by atoms with van der Waals surface area (Å²) < 4.78 is 28.6. The molecule has 7 heteroatoms. The maximum atomic E-state index is 12.1. The van der Waals surface area contributed by atoms with Crippen LogP contribution in [-0.4, -0.2) is 50.2 Å². The van der Waals surface area contributed by atoms with Crippen molar-refractivity contribution >= 4 is 5.96 Å². The van der Waals surface area contributed by atoms with E-state index in [0.29, 0.717) is 6.54 Å². The van der Waals surface area contributed by atoms with E-state index in [1.165, 1.54) is 0 Å². The van der Waals surface area contributed by atoms with Crippen molar-refractivity contribution in [1.82, 2.24) is 15.5 Å². The van der Waals surface area contributed by atoms with Crippen LogP contribution < -0.4 is 15.4 Å². The Bertz CT molecular complexity index is 512. The largest absolute Gasteiger partial charge is 0.435 e. The van der Waals surface area contributed by atoms with Gasteiger partial charge in [0.25, 0.3) is 0 Å². The fourth-order valence-electron chi connectivity index (χ4n) is 2.12. The molecule has 0 atom stereocenters. The molecule has 1 aromatic carbocycles. The van der Waals surface area contributed by atoms with Crippen molar-refractivity contribution in [2.24, 2.45) is 4.99 Å². The van der Waals surface area contributed by atoms with Gasteiger partial charge in [0.05, 0.1) is 0 Å². The van der Waals surface area contributed by atoms with Crippen LogP contribution in [0.1, 0.15) is 26.3 Å². The zero-order valence-electron chi connectivity index (χ0n) is 15.1. The SMILES string of the molecule is CN=C(NCCNC(C)(C)C)N(C)Cc1ccc(OC(F)F)cc1. The van der Waals surface area contributed by atoms with Gasteiger partial charge in [-0.15, -0.1) is 0 Å². The van der Waals surface area contributed by atoms with Crippen LogP contribution >= 0.6 is 0 Å². The molecule has 0 aliphatic rings. The molecule has 1 rings (SSSR count). The quantitative estimate of drug-likeness (QED) is 0.454. The molecular weight excluding hydrogens is 314 g/mol. The molecule has 136 valence electrons. The Morgan fingerprint density at radius 1 is 1.21 bits per heavy atom. The van der Waals surface area contributed by atoms with Gasteiger partial charge in [-0.3, -0.25) is 4.99 Å². The number of ether oxygens (including phenoxy) is 1. The summed E-state index contributed by atoms with van der Waals surface area (Å²) in [5, 5.41) is 6.69. The Kier molecular flexibility index (Phi) is 7.91. The molecule has 0 saturated carbocycles. The van der Waals surface area contributed by atoms with Crippen LogP contribution in [0, 0.1) is 0 Å². The lowest BCUT2D eigenvalue weighted by Gasteiger charge is -2.24. The zero-order chi connectivity index (χ0) is 18.2. The third kappa shape index (κ3) is 8.10. The number of hydrogen-bond acceptors (Lipinski definition) is 3. The predicted molar refractivity (Wildman–Crippen MR) is 93.7 cm³/mol. The molecule has 2 N–H and O–H groups in total. The molecule has 24 heavy (non-hydrogen) atoms. The smallest absolute Gasteiger partial charge is 0.387 e. The molecule has 0 fully saturated rings. The van der Waals surface area contributed by atoms with Crippen LogP contribution in [0.4, 0.5) is 8.78 Å². The van der Waals surface area contributed by atoms with Gasteiger partial charge in [-0.1, -0.05) is 12.1 Å². The number of halogens is 2. The van der Waals surface area contributed by atoms with Crippen molar-refractivity contribution in [1.29, 1.82) is 0 Å². The molecule has 0 radical (unpaired) electrons. The van der Waals surface area contributed by atoms with Crippen LogP contribution in [0.5, 0.6) is 5.75 Å². The van der Waals surface area contributed by atoms with Gasteiger partial charge in [0.1, 0.15) is 5.75 Å². The predicted octanol–water partition coefficient (Wildman–Crippen LogP) is 2.68. The third-order valence-electron chi connectivity index (χ3n) is 3.21. The number of benzene rings is 1. The first-order valence-corrected chi connectivity index (χ1v) is 7.92. The van der Waals surface area contributed by atoms with E-state index in [-0.39, 0.29) is 11.3 Å². The van der Waals surface area contributed by atoms with Crippen LogP contribution in [-0.2, 0) is 6.54 Å². The molecule has 0 amide bonds. The Hall–Kier alpha value is -1.89. The Morgan fingerprint density at radius 3 is 2.33 bits per heavy atom. The maximum absolute atomic E-state index is 12.1. The first-order chi connectivity index (χ1) is 11.2. The highest BCUT2D eigenvalue weighted by atomic mass is 19.3. The van der Waals surface area contributed by atoms with E-state index in [2.05, 4.69) is 41.1 Å². The Labute approximate surface area is 143 Å². The molecular formula is C17H28F2N4O. The first-order valence-electron chi connectivity index (χ1n) is 7.92. The fourth-order valence-corrected chi connectivity index (χ4v) is 2.12. The van der Waals surface area contributed by atoms with Crippen LogP contribution in [0.15, 0.2) is 29.3 Å². The van der Waals surface area contributed by atoms with Crippen molar-refractivity contribution in [3.05, 3.63) is 29.8 Å². The highest BCUT2D eigenvalue weighted by molar-refractivity contribution is 5.79. The highest BCUT2D eigenvalue weighted by Crippen LogP contribution is 2.15. The van der Waals surface area contributed by atoms with Crippen LogP contribution in [0.25, 0.3) is 0 Å².